The van der Waals surface area contributed by atoms with E-state index in [1.54, 1.807) is 12.1 Å². The molecule has 0 bridgehead atoms. The molecule has 0 spiro atoms. The van der Waals surface area contributed by atoms with Crippen LogP contribution in [0.3, 0.4) is 0 Å². The zero-order chi connectivity index (χ0) is 19.8. The fraction of sp³-hybridized carbons (Fsp3) is 0.105. The van der Waals surface area contributed by atoms with Crippen LogP contribution in [0.4, 0.5) is 10.1 Å². The lowest BCUT2D eigenvalue weighted by molar-refractivity contribution is -0.136. The van der Waals surface area contributed by atoms with Gasteiger partial charge in [-0.15, -0.1) is 6.58 Å². The molecule has 0 unspecified atom stereocenters. The molecule has 0 saturated carbocycles. The van der Waals surface area contributed by atoms with Gasteiger partial charge in [-0.1, -0.05) is 6.08 Å². The Morgan fingerprint density at radius 3 is 2.59 bits per heavy atom. The normalized spacial score (nSPS) is 10.4. The number of hydrogen-bond donors (Lipinski definition) is 3. The van der Waals surface area contributed by atoms with Gasteiger partial charge in [0.15, 0.2) is 11.5 Å². The highest BCUT2D eigenvalue weighted by molar-refractivity contribution is 6.39. The van der Waals surface area contributed by atoms with Crippen molar-refractivity contribution in [3.63, 3.8) is 0 Å². The predicted octanol–water partition coefficient (Wildman–Crippen LogP) is 2.36. The molecule has 2 amide bonds. The second-order valence-electron chi connectivity index (χ2n) is 5.38. The molecule has 0 radical (unpaired) electrons. The summed E-state index contributed by atoms with van der Waals surface area (Å²) in [5, 5.41) is 16.1. The van der Waals surface area contributed by atoms with Crippen LogP contribution in [0.25, 0.3) is 0 Å². The quantitative estimate of drug-likeness (QED) is 0.314. The molecule has 2 aromatic carbocycles. The van der Waals surface area contributed by atoms with Crippen molar-refractivity contribution in [1.29, 1.82) is 0 Å². The Labute approximate surface area is 155 Å². The van der Waals surface area contributed by atoms with Crippen molar-refractivity contribution >= 4 is 23.7 Å². The topological polar surface area (TPSA) is 100 Å². The van der Waals surface area contributed by atoms with Crippen molar-refractivity contribution in [3.05, 3.63) is 66.0 Å². The van der Waals surface area contributed by atoms with Gasteiger partial charge < -0.3 is 15.2 Å². The van der Waals surface area contributed by atoms with Crippen molar-refractivity contribution in [3.8, 4) is 11.5 Å². The summed E-state index contributed by atoms with van der Waals surface area (Å²) in [6, 6.07) is 8.14. The largest absolute Gasteiger partial charge is 0.504 e. The third-order valence-electron chi connectivity index (χ3n) is 3.45. The highest BCUT2D eigenvalue weighted by Gasteiger charge is 2.13. The van der Waals surface area contributed by atoms with E-state index >= 15 is 0 Å². The predicted molar refractivity (Wildman–Crippen MR) is 99.3 cm³/mol. The van der Waals surface area contributed by atoms with E-state index in [4.69, 9.17) is 4.74 Å². The molecule has 0 aliphatic carbocycles. The third-order valence-corrected chi connectivity index (χ3v) is 3.45. The number of ether oxygens (including phenoxy) is 1. The number of carbonyl (C=O) groups excluding carboxylic acids is 2. The molecular formula is C19H18FN3O4. The van der Waals surface area contributed by atoms with Crippen LogP contribution in [0.1, 0.15) is 11.1 Å². The fourth-order valence-electron chi connectivity index (χ4n) is 2.17. The Hall–Kier alpha value is -3.68. The highest BCUT2D eigenvalue weighted by atomic mass is 19.1. The number of nitrogens with one attached hydrogen (secondary N) is 2. The summed E-state index contributed by atoms with van der Waals surface area (Å²) >= 11 is 0. The summed E-state index contributed by atoms with van der Waals surface area (Å²) in [5.74, 6) is -2.15. The molecule has 0 atom stereocenters. The lowest BCUT2D eigenvalue weighted by Crippen LogP contribution is -2.32. The molecule has 2 aromatic rings. The van der Waals surface area contributed by atoms with Gasteiger partial charge in [-0.3, -0.25) is 9.59 Å². The van der Waals surface area contributed by atoms with Gasteiger partial charge in [0.2, 0.25) is 0 Å². The first-order valence-electron chi connectivity index (χ1n) is 7.85. The highest BCUT2D eigenvalue weighted by Crippen LogP contribution is 2.31. The van der Waals surface area contributed by atoms with E-state index in [1.165, 1.54) is 31.5 Å². The van der Waals surface area contributed by atoms with Crippen LogP contribution in [0, 0.1) is 5.82 Å². The first-order chi connectivity index (χ1) is 12.9. The number of nitrogens with zero attached hydrogens (tertiary/aromatic N) is 1. The summed E-state index contributed by atoms with van der Waals surface area (Å²) in [5.41, 5.74) is 3.48. The minimum Gasteiger partial charge on any atom is -0.504 e. The molecule has 7 nitrogen and oxygen atoms in total. The molecule has 0 fully saturated rings. The smallest absolute Gasteiger partial charge is 0.329 e. The van der Waals surface area contributed by atoms with Crippen molar-refractivity contribution in [1.82, 2.24) is 5.43 Å². The van der Waals surface area contributed by atoms with E-state index < -0.39 is 17.6 Å². The van der Waals surface area contributed by atoms with Crippen LogP contribution in [-0.2, 0) is 16.0 Å². The van der Waals surface area contributed by atoms with Crippen LogP contribution < -0.4 is 15.5 Å². The molecule has 27 heavy (non-hydrogen) atoms. The number of carbonyl (C=O) groups is 2. The fourth-order valence-corrected chi connectivity index (χ4v) is 2.17. The van der Waals surface area contributed by atoms with E-state index in [0.717, 1.165) is 12.1 Å². The summed E-state index contributed by atoms with van der Waals surface area (Å²) in [6.45, 7) is 3.62. The average Bonchev–Trinajstić information content (AvgIpc) is 2.66. The molecule has 2 rings (SSSR count). The number of aromatic hydroxyl groups is 1. The van der Waals surface area contributed by atoms with Crippen molar-refractivity contribution < 1.29 is 23.8 Å². The number of methoxy groups -OCH3 is 1. The van der Waals surface area contributed by atoms with E-state index in [1.807, 2.05) is 0 Å². The second kappa shape index (κ2) is 9.14. The molecule has 140 valence electrons. The maximum atomic E-state index is 12.8. The number of phenolic OH excluding ortho intramolecular Hbond substituents is 1. The van der Waals surface area contributed by atoms with Gasteiger partial charge in [0.05, 0.1) is 13.3 Å². The van der Waals surface area contributed by atoms with Gasteiger partial charge in [-0.05, 0) is 48.4 Å². The number of hydrazone groups is 1. The van der Waals surface area contributed by atoms with E-state index in [9.17, 15) is 19.1 Å². The van der Waals surface area contributed by atoms with Crippen LogP contribution in [0.15, 0.2) is 54.2 Å². The lowest BCUT2D eigenvalue weighted by Gasteiger charge is -2.09. The Bertz CT molecular complexity index is 879. The number of hydrogen-bond acceptors (Lipinski definition) is 5. The summed E-state index contributed by atoms with van der Waals surface area (Å²) < 4.78 is 17.9. The second-order valence-corrected chi connectivity index (χ2v) is 5.38. The van der Waals surface area contributed by atoms with E-state index in [-0.39, 0.29) is 17.2 Å². The van der Waals surface area contributed by atoms with Crippen LogP contribution >= 0.6 is 0 Å². The monoisotopic (exact) mass is 371 g/mol. The first kappa shape index (κ1) is 19.6. The van der Waals surface area contributed by atoms with E-state index in [0.29, 0.717) is 17.5 Å². The lowest BCUT2D eigenvalue weighted by atomic mass is 10.1. The first-order valence-corrected chi connectivity index (χ1v) is 7.85. The standard InChI is InChI=1S/C19H18FN3O4/c1-3-4-13-9-12(10-16(27-2)17(13)24)11-21-23-19(26)18(25)22-15-7-5-14(20)6-8-15/h3,5-11,24H,1,4H2,2H3,(H,22,25)(H,23,26)/b21-11+. The Morgan fingerprint density at radius 1 is 1.26 bits per heavy atom. The average molecular weight is 371 g/mol. The number of allylic oxidation sites excluding steroid dienone is 1. The molecular weight excluding hydrogens is 353 g/mol. The number of rotatable bonds is 6. The molecule has 0 aliphatic rings. The zero-order valence-electron chi connectivity index (χ0n) is 14.5. The molecule has 0 saturated heterocycles. The summed E-state index contributed by atoms with van der Waals surface area (Å²) in [4.78, 5) is 23.5. The van der Waals surface area contributed by atoms with Gasteiger partial charge >= 0.3 is 11.8 Å². The van der Waals surface area contributed by atoms with Gasteiger partial charge in [0, 0.05) is 11.3 Å². The molecule has 0 aromatic heterocycles. The van der Waals surface area contributed by atoms with E-state index in [2.05, 4.69) is 22.4 Å². The number of amides is 2. The van der Waals surface area contributed by atoms with Crippen molar-refractivity contribution in [2.24, 2.45) is 5.10 Å². The maximum absolute atomic E-state index is 12.8. The SMILES string of the molecule is C=CCc1cc(/C=N/NC(=O)C(=O)Nc2ccc(F)cc2)cc(OC)c1O. The van der Waals surface area contributed by atoms with Crippen LogP contribution in [-0.4, -0.2) is 30.2 Å². The van der Waals surface area contributed by atoms with Crippen LogP contribution in [0.5, 0.6) is 11.5 Å². The van der Waals surface area contributed by atoms with Crippen molar-refractivity contribution in [2.45, 2.75) is 6.42 Å². The number of benzene rings is 2. The number of phenols is 1. The molecule has 3 N–H and O–H groups in total. The Balaban J connectivity index is 2.02. The molecule has 8 heteroatoms. The molecule has 0 heterocycles. The Kier molecular flexibility index (Phi) is 6.65. The van der Waals surface area contributed by atoms with Crippen molar-refractivity contribution in [2.75, 3.05) is 12.4 Å². The summed E-state index contributed by atoms with van der Waals surface area (Å²) in [6.07, 6.45) is 3.34. The number of anilines is 1. The van der Waals surface area contributed by atoms with Gasteiger partial charge in [0.1, 0.15) is 5.82 Å². The maximum Gasteiger partial charge on any atom is 0.329 e. The van der Waals surface area contributed by atoms with Gasteiger partial charge in [-0.2, -0.15) is 5.10 Å². The Morgan fingerprint density at radius 2 is 1.96 bits per heavy atom. The summed E-state index contributed by atoms with van der Waals surface area (Å²) in [7, 11) is 1.41. The van der Waals surface area contributed by atoms with Gasteiger partial charge in [0.25, 0.3) is 0 Å². The minimum atomic E-state index is -0.993. The number of halogens is 1. The zero-order valence-corrected chi connectivity index (χ0v) is 14.5. The van der Waals surface area contributed by atoms with Crippen LogP contribution in [0.2, 0.25) is 0 Å². The minimum absolute atomic E-state index is 0.00254. The third kappa shape index (κ3) is 5.40. The molecule has 0 aliphatic heterocycles. The van der Waals surface area contributed by atoms with Gasteiger partial charge in [-0.25, -0.2) is 9.82 Å².